The van der Waals surface area contributed by atoms with Gasteiger partial charge in [0.2, 0.25) is 0 Å². The van der Waals surface area contributed by atoms with Crippen LogP contribution in [0.5, 0.6) is 0 Å². The Bertz CT molecular complexity index is 791. The van der Waals surface area contributed by atoms with E-state index in [1.54, 1.807) is 17.4 Å². The van der Waals surface area contributed by atoms with Crippen LogP contribution in [0.4, 0.5) is 28.3 Å². The Labute approximate surface area is 130 Å². The quantitative estimate of drug-likeness (QED) is 0.673. The molecule has 9 heteroatoms. The lowest BCUT2D eigenvalue weighted by Gasteiger charge is -2.09. The van der Waals surface area contributed by atoms with Crippen LogP contribution in [-0.2, 0) is 0 Å². The molecule has 0 fully saturated rings. The van der Waals surface area contributed by atoms with E-state index in [4.69, 9.17) is 10.3 Å². The van der Waals surface area contributed by atoms with Gasteiger partial charge in [0.25, 0.3) is 0 Å². The van der Waals surface area contributed by atoms with Crippen molar-refractivity contribution in [3.8, 4) is 0 Å². The summed E-state index contributed by atoms with van der Waals surface area (Å²) in [5.74, 6) is 2.18. The molecule has 4 N–H and O–H groups in total. The highest BCUT2D eigenvalue weighted by Gasteiger charge is 2.12. The molecule has 0 unspecified atom stereocenters. The van der Waals surface area contributed by atoms with Crippen molar-refractivity contribution < 1.29 is 4.52 Å². The summed E-state index contributed by atoms with van der Waals surface area (Å²) in [6.45, 7) is 5.78. The number of thiazole rings is 1. The minimum Gasteiger partial charge on any atom is -0.393 e. The number of hydrogen-bond acceptors (Lipinski definition) is 9. The van der Waals surface area contributed by atoms with Gasteiger partial charge in [0, 0.05) is 10.9 Å². The number of anilines is 5. The summed E-state index contributed by atoms with van der Waals surface area (Å²) in [5.41, 5.74) is 7.47. The molecule has 3 aromatic rings. The molecular weight excluding hydrogens is 302 g/mol. The van der Waals surface area contributed by atoms with Crippen LogP contribution >= 0.6 is 11.3 Å². The van der Waals surface area contributed by atoms with Gasteiger partial charge in [-0.3, -0.25) is 0 Å². The fourth-order valence-corrected chi connectivity index (χ4v) is 2.58. The first-order chi connectivity index (χ1) is 10.5. The fraction of sp³-hybridized carbons (Fsp3) is 0.231. The molecule has 114 valence electrons. The Kier molecular flexibility index (Phi) is 3.63. The second-order valence-corrected chi connectivity index (χ2v) is 5.92. The predicted octanol–water partition coefficient (Wildman–Crippen LogP) is 2.92. The van der Waals surface area contributed by atoms with Crippen molar-refractivity contribution in [2.75, 3.05) is 16.4 Å². The van der Waals surface area contributed by atoms with E-state index in [-0.39, 0.29) is 0 Å². The zero-order valence-corrected chi connectivity index (χ0v) is 13.2. The van der Waals surface area contributed by atoms with Crippen molar-refractivity contribution in [1.29, 1.82) is 0 Å². The highest BCUT2D eigenvalue weighted by Crippen LogP contribution is 2.30. The maximum absolute atomic E-state index is 6.10. The number of nitrogens with one attached hydrogen (secondary N) is 2. The van der Waals surface area contributed by atoms with E-state index in [1.807, 2.05) is 20.8 Å². The Balaban J connectivity index is 1.85. The highest BCUT2D eigenvalue weighted by molar-refractivity contribution is 7.15. The van der Waals surface area contributed by atoms with Gasteiger partial charge in [-0.15, -0.1) is 11.3 Å². The largest absolute Gasteiger partial charge is 0.393 e. The molecular formula is C13H15N7OS. The summed E-state index contributed by atoms with van der Waals surface area (Å²) in [4.78, 5) is 13.8. The molecule has 0 aromatic carbocycles. The van der Waals surface area contributed by atoms with Crippen LogP contribution in [0.1, 0.15) is 16.3 Å². The first-order valence-corrected chi connectivity index (χ1v) is 7.36. The molecule has 3 rings (SSSR count). The number of nitrogens with two attached hydrogens (primary N) is 1. The number of aromatic nitrogens is 4. The molecule has 22 heavy (non-hydrogen) atoms. The molecule has 3 heterocycles. The lowest BCUT2D eigenvalue weighted by Crippen LogP contribution is -2.05. The van der Waals surface area contributed by atoms with E-state index >= 15 is 0 Å². The second kappa shape index (κ2) is 5.60. The smallest absolute Gasteiger partial charge is 0.188 e. The van der Waals surface area contributed by atoms with Crippen LogP contribution < -0.4 is 16.4 Å². The van der Waals surface area contributed by atoms with Crippen LogP contribution in [0.3, 0.4) is 0 Å². The van der Waals surface area contributed by atoms with Crippen molar-refractivity contribution >= 4 is 39.6 Å². The normalized spacial score (nSPS) is 10.7. The van der Waals surface area contributed by atoms with Gasteiger partial charge >= 0.3 is 0 Å². The van der Waals surface area contributed by atoms with Crippen molar-refractivity contribution in [3.63, 3.8) is 0 Å². The van der Waals surface area contributed by atoms with Crippen LogP contribution in [0, 0.1) is 20.8 Å². The molecule has 0 bridgehead atoms. The lowest BCUT2D eigenvalue weighted by atomic mass is 10.4. The van der Waals surface area contributed by atoms with Gasteiger partial charge in [-0.05, 0) is 20.8 Å². The second-order valence-electron chi connectivity index (χ2n) is 4.72. The average Bonchev–Trinajstić information content (AvgIpc) is 3.01. The van der Waals surface area contributed by atoms with E-state index in [9.17, 15) is 0 Å². The van der Waals surface area contributed by atoms with Gasteiger partial charge in [-0.2, -0.15) is 0 Å². The predicted molar refractivity (Wildman–Crippen MR) is 85.8 cm³/mol. The molecule has 8 nitrogen and oxygen atoms in total. The van der Waals surface area contributed by atoms with Gasteiger partial charge in [0.1, 0.15) is 17.8 Å². The Hall–Kier alpha value is -2.68. The molecule has 0 radical (unpaired) electrons. The van der Waals surface area contributed by atoms with Crippen molar-refractivity contribution in [2.45, 2.75) is 20.8 Å². The summed E-state index contributed by atoms with van der Waals surface area (Å²) in [5, 5.41) is 10.7. The molecule has 0 aliphatic carbocycles. The van der Waals surface area contributed by atoms with Gasteiger partial charge in [-0.25, -0.2) is 15.0 Å². The number of rotatable bonds is 4. The third-order valence-electron chi connectivity index (χ3n) is 3.01. The SMILES string of the molecule is Cc1cc(Nc2ncnc(Nc3nc(C)c(C)s3)c2N)no1. The first kappa shape index (κ1) is 14.3. The summed E-state index contributed by atoms with van der Waals surface area (Å²) in [7, 11) is 0. The average molecular weight is 317 g/mol. The van der Waals surface area contributed by atoms with Gasteiger partial charge < -0.3 is 20.9 Å². The van der Waals surface area contributed by atoms with Crippen LogP contribution in [0.15, 0.2) is 16.9 Å². The molecule has 0 atom stereocenters. The third kappa shape index (κ3) is 2.84. The lowest BCUT2D eigenvalue weighted by molar-refractivity contribution is 0.400. The maximum atomic E-state index is 6.10. The van der Waals surface area contributed by atoms with Crippen LogP contribution in [-0.4, -0.2) is 20.1 Å². The van der Waals surface area contributed by atoms with E-state index in [2.05, 4.69) is 30.7 Å². The Morgan fingerprint density at radius 1 is 1.14 bits per heavy atom. The minimum absolute atomic E-state index is 0.383. The van der Waals surface area contributed by atoms with Crippen molar-refractivity contribution in [3.05, 3.63) is 28.7 Å². The fourth-order valence-electron chi connectivity index (χ4n) is 1.77. The van der Waals surface area contributed by atoms with Crippen LogP contribution in [0.25, 0.3) is 0 Å². The summed E-state index contributed by atoms with van der Waals surface area (Å²) >= 11 is 1.55. The molecule has 0 saturated carbocycles. The van der Waals surface area contributed by atoms with Gasteiger partial charge in [0.05, 0.1) is 5.69 Å². The van der Waals surface area contributed by atoms with Crippen LogP contribution in [0.2, 0.25) is 0 Å². The first-order valence-electron chi connectivity index (χ1n) is 6.55. The van der Waals surface area contributed by atoms with Gasteiger partial charge in [0.15, 0.2) is 22.6 Å². The Morgan fingerprint density at radius 3 is 2.45 bits per heavy atom. The van der Waals surface area contributed by atoms with E-state index in [1.165, 1.54) is 6.33 Å². The van der Waals surface area contributed by atoms with E-state index in [0.717, 1.165) is 15.7 Å². The van der Waals surface area contributed by atoms with E-state index < -0.39 is 0 Å². The summed E-state index contributed by atoms with van der Waals surface area (Å²) in [6.07, 6.45) is 1.42. The zero-order valence-electron chi connectivity index (χ0n) is 12.3. The van der Waals surface area contributed by atoms with E-state index in [0.29, 0.717) is 28.9 Å². The molecule has 0 aliphatic heterocycles. The van der Waals surface area contributed by atoms with Crippen molar-refractivity contribution in [2.24, 2.45) is 0 Å². The molecule has 0 amide bonds. The monoisotopic (exact) mass is 317 g/mol. The summed E-state index contributed by atoms with van der Waals surface area (Å²) < 4.78 is 5.00. The third-order valence-corrected chi connectivity index (χ3v) is 4.00. The molecule has 0 aliphatic rings. The maximum Gasteiger partial charge on any atom is 0.188 e. The Morgan fingerprint density at radius 2 is 1.86 bits per heavy atom. The van der Waals surface area contributed by atoms with Gasteiger partial charge in [-0.1, -0.05) is 5.16 Å². The number of nitrogen functional groups attached to an aromatic ring is 1. The number of hydrogen-bond donors (Lipinski definition) is 3. The minimum atomic E-state index is 0.383. The summed E-state index contributed by atoms with van der Waals surface area (Å²) in [6, 6.07) is 1.75. The molecule has 0 spiro atoms. The number of aryl methyl sites for hydroxylation is 3. The standard InChI is InChI=1S/C13H15N7OS/c1-6-4-9(20-21-6)18-11-10(14)12(16-5-15-11)19-13-17-7(2)8(3)22-13/h4-5H,14H2,1-3H3,(H2,15,16,17,18,19,20). The van der Waals surface area contributed by atoms with Crippen molar-refractivity contribution in [1.82, 2.24) is 20.1 Å². The topological polar surface area (TPSA) is 115 Å². The zero-order chi connectivity index (χ0) is 15.7. The molecule has 0 saturated heterocycles. The molecule has 3 aromatic heterocycles. The highest BCUT2D eigenvalue weighted by atomic mass is 32.1. The number of nitrogens with zero attached hydrogens (tertiary/aromatic N) is 4.